The average molecular weight is 186 g/mol. The monoisotopic (exact) mass is 186 g/mol. The molecule has 78 valence electrons. The number of esters is 1. The molecule has 0 aliphatic rings. The summed E-state index contributed by atoms with van der Waals surface area (Å²) in [7, 11) is 0. The minimum absolute atomic E-state index is 0.0463. The first-order valence-electron chi connectivity index (χ1n) is 5.29. The highest BCUT2D eigenvalue weighted by Crippen LogP contribution is 2.12. The third kappa shape index (κ3) is 6.62. The van der Waals surface area contributed by atoms with E-state index >= 15 is 0 Å². The van der Waals surface area contributed by atoms with Gasteiger partial charge in [-0.15, -0.1) is 0 Å². The van der Waals surface area contributed by atoms with Crippen molar-refractivity contribution in [3.8, 4) is 0 Å². The SMILES string of the molecule is CCCC(=O)OC(CC)CC(C)C. The van der Waals surface area contributed by atoms with Crippen LogP contribution in [0.5, 0.6) is 0 Å². The summed E-state index contributed by atoms with van der Waals surface area (Å²) < 4.78 is 5.31. The van der Waals surface area contributed by atoms with Crippen LogP contribution in [-0.4, -0.2) is 12.1 Å². The lowest BCUT2D eigenvalue weighted by atomic mass is 10.0. The molecule has 0 aromatic carbocycles. The van der Waals surface area contributed by atoms with Crippen molar-refractivity contribution < 1.29 is 9.53 Å². The molecule has 0 aliphatic carbocycles. The van der Waals surface area contributed by atoms with Crippen molar-refractivity contribution in [3.05, 3.63) is 0 Å². The molecule has 13 heavy (non-hydrogen) atoms. The number of hydrogen-bond donors (Lipinski definition) is 0. The van der Waals surface area contributed by atoms with Crippen LogP contribution < -0.4 is 0 Å². The lowest BCUT2D eigenvalue weighted by Gasteiger charge is -2.17. The van der Waals surface area contributed by atoms with E-state index in [-0.39, 0.29) is 12.1 Å². The van der Waals surface area contributed by atoms with Crippen LogP contribution in [0, 0.1) is 5.92 Å². The summed E-state index contributed by atoms with van der Waals surface area (Å²) in [6, 6.07) is 0. The van der Waals surface area contributed by atoms with E-state index in [0.717, 1.165) is 19.3 Å². The highest BCUT2D eigenvalue weighted by atomic mass is 16.5. The fourth-order valence-electron chi connectivity index (χ4n) is 1.27. The molecule has 1 atom stereocenters. The van der Waals surface area contributed by atoms with Gasteiger partial charge in [0.2, 0.25) is 0 Å². The van der Waals surface area contributed by atoms with Crippen molar-refractivity contribution in [2.24, 2.45) is 5.92 Å². The maximum Gasteiger partial charge on any atom is 0.306 e. The number of carbonyl (C=O) groups excluding carboxylic acids is 1. The Morgan fingerprint density at radius 2 is 1.92 bits per heavy atom. The Balaban J connectivity index is 3.76. The first-order valence-corrected chi connectivity index (χ1v) is 5.29. The molecule has 0 saturated carbocycles. The zero-order valence-electron chi connectivity index (χ0n) is 9.30. The highest BCUT2D eigenvalue weighted by molar-refractivity contribution is 5.69. The second-order valence-corrected chi connectivity index (χ2v) is 3.90. The van der Waals surface area contributed by atoms with Gasteiger partial charge in [-0.1, -0.05) is 27.7 Å². The topological polar surface area (TPSA) is 26.3 Å². The Morgan fingerprint density at radius 3 is 2.31 bits per heavy atom. The van der Waals surface area contributed by atoms with Crippen molar-refractivity contribution >= 4 is 5.97 Å². The lowest BCUT2D eigenvalue weighted by Crippen LogP contribution is -2.19. The van der Waals surface area contributed by atoms with Crippen LogP contribution in [0.1, 0.15) is 53.4 Å². The van der Waals surface area contributed by atoms with E-state index in [1.54, 1.807) is 0 Å². The van der Waals surface area contributed by atoms with Crippen LogP contribution in [0.25, 0.3) is 0 Å². The van der Waals surface area contributed by atoms with Gasteiger partial charge < -0.3 is 4.74 Å². The fourth-order valence-corrected chi connectivity index (χ4v) is 1.27. The van der Waals surface area contributed by atoms with Gasteiger partial charge in [0, 0.05) is 6.42 Å². The normalized spacial score (nSPS) is 13.0. The number of rotatable bonds is 6. The van der Waals surface area contributed by atoms with Gasteiger partial charge in [-0.3, -0.25) is 4.79 Å². The molecular formula is C11H22O2. The first kappa shape index (κ1) is 12.5. The van der Waals surface area contributed by atoms with Crippen LogP contribution in [0.2, 0.25) is 0 Å². The second-order valence-electron chi connectivity index (χ2n) is 3.90. The van der Waals surface area contributed by atoms with Crippen LogP contribution in [0.15, 0.2) is 0 Å². The molecule has 0 N–H and O–H groups in total. The van der Waals surface area contributed by atoms with Gasteiger partial charge in [0.05, 0.1) is 0 Å². The minimum atomic E-state index is -0.0463. The quantitative estimate of drug-likeness (QED) is 0.596. The van der Waals surface area contributed by atoms with E-state index in [4.69, 9.17) is 4.74 Å². The molecule has 0 aliphatic heterocycles. The molecule has 0 radical (unpaired) electrons. The maximum absolute atomic E-state index is 11.2. The molecular weight excluding hydrogens is 164 g/mol. The summed E-state index contributed by atoms with van der Waals surface area (Å²) in [6.45, 7) is 8.35. The number of ether oxygens (including phenoxy) is 1. The van der Waals surface area contributed by atoms with Crippen LogP contribution in [0.4, 0.5) is 0 Å². The number of hydrogen-bond acceptors (Lipinski definition) is 2. The van der Waals surface area contributed by atoms with E-state index in [2.05, 4.69) is 20.8 Å². The van der Waals surface area contributed by atoms with Gasteiger partial charge in [-0.05, 0) is 25.2 Å². The molecule has 2 nitrogen and oxygen atoms in total. The smallest absolute Gasteiger partial charge is 0.306 e. The van der Waals surface area contributed by atoms with Gasteiger partial charge in [-0.25, -0.2) is 0 Å². The lowest BCUT2D eigenvalue weighted by molar-refractivity contribution is -0.150. The summed E-state index contributed by atoms with van der Waals surface area (Å²) in [4.78, 5) is 11.2. The van der Waals surface area contributed by atoms with Crippen molar-refractivity contribution in [1.82, 2.24) is 0 Å². The molecule has 0 aromatic heterocycles. The molecule has 0 saturated heterocycles. The Labute approximate surface area is 81.7 Å². The average Bonchev–Trinajstić information content (AvgIpc) is 2.02. The van der Waals surface area contributed by atoms with Crippen molar-refractivity contribution in [1.29, 1.82) is 0 Å². The van der Waals surface area contributed by atoms with Crippen LogP contribution in [-0.2, 0) is 9.53 Å². The first-order chi connectivity index (χ1) is 6.10. The van der Waals surface area contributed by atoms with Crippen molar-refractivity contribution in [2.75, 3.05) is 0 Å². The zero-order chi connectivity index (χ0) is 10.3. The summed E-state index contributed by atoms with van der Waals surface area (Å²) in [5, 5.41) is 0. The predicted octanol–water partition coefficient (Wildman–Crippen LogP) is 3.15. The molecule has 0 bridgehead atoms. The van der Waals surface area contributed by atoms with Crippen molar-refractivity contribution in [3.63, 3.8) is 0 Å². The third-order valence-corrected chi connectivity index (χ3v) is 1.94. The van der Waals surface area contributed by atoms with Gasteiger partial charge in [0.1, 0.15) is 6.10 Å². The molecule has 2 heteroatoms. The Kier molecular flexibility index (Phi) is 6.65. The van der Waals surface area contributed by atoms with Gasteiger partial charge in [-0.2, -0.15) is 0 Å². The Hall–Kier alpha value is -0.530. The fraction of sp³-hybridized carbons (Fsp3) is 0.909. The second kappa shape index (κ2) is 6.93. The summed E-state index contributed by atoms with van der Waals surface area (Å²) >= 11 is 0. The van der Waals surface area contributed by atoms with Gasteiger partial charge in [0.15, 0.2) is 0 Å². The Bertz CT molecular complexity index is 141. The van der Waals surface area contributed by atoms with Crippen LogP contribution in [0.3, 0.4) is 0 Å². The summed E-state index contributed by atoms with van der Waals surface area (Å²) in [5.41, 5.74) is 0. The standard InChI is InChI=1S/C11H22O2/c1-5-7-11(12)13-10(6-2)8-9(3)4/h9-10H,5-8H2,1-4H3. The summed E-state index contributed by atoms with van der Waals surface area (Å²) in [5.74, 6) is 0.550. The molecule has 0 aromatic rings. The molecule has 1 unspecified atom stereocenters. The Morgan fingerprint density at radius 1 is 1.31 bits per heavy atom. The molecule has 0 heterocycles. The van der Waals surface area contributed by atoms with E-state index in [0.29, 0.717) is 12.3 Å². The van der Waals surface area contributed by atoms with E-state index < -0.39 is 0 Å². The maximum atomic E-state index is 11.2. The minimum Gasteiger partial charge on any atom is -0.462 e. The molecule has 0 rings (SSSR count). The number of carbonyl (C=O) groups is 1. The van der Waals surface area contributed by atoms with Gasteiger partial charge in [0.25, 0.3) is 0 Å². The largest absolute Gasteiger partial charge is 0.462 e. The van der Waals surface area contributed by atoms with Gasteiger partial charge >= 0.3 is 5.97 Å². The molecule has 0 amide bonds. The van der Waals surface area contributed by atoms with E-state index in [1.165, 1.54) is 0 Å². The van der Waals surface area contributed by atoms with Crippen molar-refractivity contribution in [2.45, 2.75) is 59.5 Å². The molecule has 0 spiro atoms. The van der Waals surface area contributed by atoms with E-state index in [9.17, 15) is 4.79 Å². The molecule has 0 fully saturated rings. The van der Waals surface area contributed by atoms with E-state index in [1.807, 2.05) is 6.92 Å². The summed E-state index contributed by atoms with van der Waals surface area (Å²) in [6.07, 6.45) is 3.45. The highest BCUT2D eigenvalue weighted by Gasteiger charge is 2.12. The predicted molar refractivity (Wildman–Crippen MR) is 54.5 cm³/mol. The third-order valence-electron chi connectivity index (χ3n) is 1.94. The zero-order valence-corrected chi connectivity index (χ0v) is 9.30. The van der Waals surface area contributed by atoms with Crippen LogP contribution >= 0.6 is 0 Å².